The van der Waals surface area contributed by atoms with Crippen LogP contribution in [0.4, 0.5) is 52.0 Å². The summed E-state index contributed by atoms with van der Waals surface area (Å²) in [5, 5.41) is 67.3. The number of carbonyl (C=O) groups is 4. The van der Waals surface area contributed by atoms with E-state index in [1.54, 1.807) is 48.5 Å². The summed E-state index contributed by atoms with van der Waals surface area (Å²) in [7, 11) is 0. The van der Waals surface area contributed by atoms with E-state index >= 15 is 0 Å². The fourth-order valence-corrected chi connectivity index (χ4v) is 4.90. The molecule has 0 radical (unpaired) electrons. The first-order chi connectivity index (χ1) is 26.0. The van der Waals surface area contributed by atoms with Crippen molar-refractivity contribution in [3.05, 3.63) is 107 Å². The van der Waals surface area contributed by atoms with E-state index in [1.165, 1.54) is 0 Å². The Morgan fingerprint density at radius 2 is 0.828 bits per heavy atom. The second-order valence-corrected chi connectivity index (χ2v) is 11.3. The van der Waals surface area contributed by atoms with Gasteiger partial charge in [0.15, 0.2) is 0 Å². The van der Waals surface area contributed by atoms with E-state index in [1.807, 2.05) is 4.90 Å². The first-order valence-corrected chi connectivity index (χ1v) is 15.8. The van der Waals surface area contributed by atoms with Gasteiger partial charge < -0.3 is 59.9 Å². The van der Waals surface area contributed by atoms with Crippen LogP contribution in [0, 0.1) is 0 Å². The Hall–Kier alpha value is -5.28. The molecule has 4 aromatic carbocycles. The number of carboxylic acid groups (broad SMARTS) is 4. The molecule has 1 aliphatic heterocycles. The molecule has 0 spiro atoms. The van der Waals surface area contributed by atoms with Crippen LogP contribution in [0.1, 0.15) is 41.4 Å². The Balaban J connectivity index is 0.00000290. The van der Waals surface area contributed by atoms with Gasteiger partial charge in [0, 0.05) is 46.7 Å². The molecule has 272 valence electrons. The van der Waals surface area contributed by atoms with Crippen LogP contribution >= 0.6 is 0 Å². The van der Waals surface area contributed by atoms with Crippen LogP contribution in [-0.4, -0.2) is 65.1 Å². The van der Waals surface area contributed by atoms with Gasteiger partial charge in [0.25, 0.3) is 0 Å². The van der Waals surface area contributed by atoms with Crippen molar-refractivity contribution < 1.29 is 120 Å². The summed E-state index contributed by atoms with van der Waals surface area (Å²) in [5.41, 5.74) is 0.313. The van der Waals surface area contributed by atoms with Gasteiger partial charge >= 0.3 is 75.4 Å². The van der Waals surface area contributed by atoms with Crippen molar-refractivity contribution in [1.29, 1.82) is 0 Å². The molecule has 0 atom stereocenters. The summed E-state index contributed by atoms with van der Waals surface area (Å²) in [6.07, 6.45) is 0. The number of azo groups is 2. The number of ether oxygens (including phenoxy) is 1. The Bertz CT molecular complexity index is 2100. The molecule has 0 aliphatic carbocycles. The summed E-state index contributed by atoms with van der Waals surface area (Å²) in [5.74, 6) is -5.50. The number of benzene rings is 4. The molecule has 0 unspecified atom stereocenters. The molecular weight excluding hydrogens is 732 g/mol. The third kappa shape index (κ3) is 13.4. The first kappa shape index (κ1) is 48.9. The molecule has 0 saturated carbocycles. The number of aromatic carboxylic acids is 4. The zero-order valence-electron chi connectivity index (χ0n) is 31.7. The minimum atomic E-state index is -1.57. The molecule has 1 aliphatic rings. The predicted octanol–water partition coefficient (Wildman–Crippen LogP) is -10.5. The third-order valence-corrected chi connectivity index (χ3v) is 7.50. The van der Waals surface area contributed by atoms with E-state index in [9.17, 15) is 39.6 Å². The Labute approximate surface area is 377 Å². The Morgan fingerprint density at radius 3 is 1.16 bits per heavy atom. The molecule has 58 heavy (non-hydrogen) atoms. The van der Waals surface area contributed by atoms with Crippen molar-refractivity contribution in [2.24, 2.45) is 20.5 Å². The number of nitrogens with zero attached hydrogens (tertiary/aromatic N) is 8. The Morgan fingerprint density at radius 1 is 0.500 bits per heavy atom. The Kier molecular flexibility index (Phi) is 19.0. The number of carbonyl (C=O) groups excluding carboxylic acids is 4. The van der Waals surface area contributed by atoms with Crippen molar-refractivity contribution in [3.8, 4) is 0 Å². The van der Waals surface area contributed by atoms with Gasteiger partial charge in [-0.25, -0.2) is 0 Å². The zero-order chi connectivity index (χ0) is 38.2. The number of rotatable bonds is 13. The maximum Gasteiger partial charge on any atom is 1.00 e. The molecule has 5 aromatic rings. The second kappa shape index (κ2) is 22.6. The van der Waals surface area contributed by atoms with Gasteiger partial charge in [0.1, 0.15) is 0 Å². The largest absolute Gasteiger partial charge is 1.00 e. The summed E-state index contributed by atoms with van der Waals surface area (Å²) in [6, 6.07) is 19.5. The zero-order valence-corrected chi connectivity index (χ0v) is 31.7. The number of nitrogens with one attached hydrogen (secondary N) is 2. The van der Waals surface area contributed by atoms with Crippen molar-refractivity contribution >= 4 is 75.8 Å². The molecule has 23 heteroatoms. The molecule has 1 aromatic heterocycles. The van der Waals surface area contributed by atoms with Crippen molar-refractivity contribution in [2.75, 3.05) is 41.8 Å². The van der Waals surface area contributed by atoms with Gasteiger partial charge in [-0.15, -0.1) is 0 Å². The van der Waals surface area contributed by atoms with Gasteiger partial charge in [0.05, 0.1) is 59.8 Å². The molecule has 0 amide bonds. The minimum Gasteiger partial charge on any atom is -0.545 e. The average Bonchev–Trinajstić information content (AvgIpc) is 3.17. The fourth-order valence-electron chi connectivity index (χ4n) is 4.90. The molecule has 2 heterocycles. The van der Waals surface area contributed by atoms with Crippen LogP contribution < -0.4 is 111 Å². The molecule has 1 saturated heterocycles. The summed E-state index contributed by atoms with van der Waals surface area (Å²) in [4.78, 5) is 60.7. The van der Waals surface area contributed by atoms with E-state index in [0.29, 0.717) is 55.0 Å². The van der Waals surface area contributed by atoms with Crippen molar-refractivity contribution in [3.63, 3.8) is 0 Å². The van der Waals surface area contributed by atoms with Gasteiger partial charge in [-0.3, -0.25) is 0 Å². The number of carboxylic acids is 4. The number of morpholine rings is 1. The normalized spacial score (nSPS) is 12.0. The topological polar surface area (TPSA) is 285 Å². The number of anilines is 5. The van der Waals surface area contributed by atoms with Crippen LogP contribution in [0.25, 0.3) is 0 Å². The summed E-state index contributed by atoms with van der Waals surface area (Å²) >= 11 is 0. The molecule has 0 bridgehead atoms. The van der Waals surface area contributed by atoms with Crippen LogP contribution in [0.15, 0.2) is 105 Å². The predicted molar refractivity (Wildman–Crippen MR) is 181 cm³/mol. The van der Waals surface area contributed by atoms with Gasteiger partial charge in [-0.1, -0.05) is 0 Å². The van der Waals surface area contributed by atoms with Crippen molar-refractivity contribution in [1.82, 2.24) is 15.0 Å². The SMILES string of the molecule is O=C([O-])c1cc(N=Nc2ccc(Nc3nc(Nc4ccc(N=Nc5cc(C(=O)[O-])cc(C(=O)[O-])c5)cc4)nc(N4CCOCC4)n3)cc2)cc(C(=O)[O-])c1.[Li+].[Li+].[Li+].[Li+]. The summed E-state index contributed by atoms with van der Waals surface area (Å²) in [6.45, 7) is 2.08. The molecule has 1 fully saturated rings. The van der Waals surface area contributed by atoms with E-state index in [4.69, 9.17) is 4.74 Å². The molecule has 6 rings (SSSR count). The molecule has 19 nitrogen and oxygen atoms in total. The fraction of sp³-hybridized carbons (Fsp3) is 0.114. The van der Waals surface area contributed by atoms with Crippen LogP contribution in [-0.2, 0) is 4.74 Å². The van der Waals surface area contributed by atoms with Crippen LogP contribution in [0.3, 0.4) is 0 Å². The summed E-state index contributed by atoms with van der Waals surface area (Å²) < 4.78 is 5.46. The third-order valence-electron chi connectivity index (χ3n) is 7.50. The molecule has 2 N–H and O–H groups in total. The second-order valence-electron chi connectivity index (χ2n) is 11.3. The molecular formula is C35H24Li4N10O9. The monoisotopic (exact) mass is 756 g/mol. The van der Waals surface area contributed by atoms with Gasteiger partial charge in [-0.2, -0.15) is 35.4 Å². The number of hydrogen-bond acceptors (Lipinski definition) is 19. The van der Waals surface area contributed by atoms with E-state index in [-0.39, 0.29) is 121 Å². The standard InChI is InChI=1S/C35H28N10O9.4Li/c46-29(47)19-13-20(30(48)49)16-27(15-19)43-41-25-5-1-23(2-6-25)36-33-38-34(40-35(39-33)45-9-11-54-12-10-45)37-24-3-7-26(8-4-24)42-44-28-17-21(31(50)51)14-22(18-28)32(52)53;;;;/h1-8,13-18H,9-12H2,(H,46,47)(H,48,49)(H,50,51)(H,52,53)(H2,36,37,38,39,40);;;;/q;4*+1/p-4. The number of aromatic nitrogens is 3. The van der Waals surface area contributed by atoms with E-state index < -0.39 is 23.9 Å². The van der Waals surface area contributed by atoms with E-state index in [0.717, 1.165) is 36.4 Å². The van der Waals surface area contributed by atoms with Gasteiger partial charge in [0.2, 0.25) is 17.8 Å². The van der Waals surface area contributed by atoms with Crippen molar-refractivity contribution in [2.45, 2.75) is 0 Å². The van der Waals surface area contributed by atoms with Crippen LogP contribution in [0.5, 0.6) is 0 Å². The minimum absolute atomic E-state index is 0. The van der Waals surface area contributed by atoms with Crippen LogP contribution in [0.2, 0.25) is 0 Å². The maximum atomic E-state index is 11.3. The van der Waals surface area contributed by atoms with Gasteiger partial charge in [-0.05, 0) is 84.9 Å². The quantitative estimate of drug-likeness (QED) is 0.0833. The number of hydrogen-bond donors (Lipinski definition) is 2. The average molecular weight is 756 g/mol. The first-order valence-electron chi connectivity index (χ1n) is 15.8. The maximum absolute atomic E-state index is 11.3. The van der Waals surface area contributed by atoms with E-state index in [2.05, 4.69) is 46.0 Å². The smallest absolute Gasteiger partial charge is 0.545 e.